The number of imidazole rings is 1. The van der Waals surface area contributed by atoms with E-state index in [0.29, 0.717) is 13.0 Å². The van der Waals surface area contributed by atoms with Crippen molar-refractivity contribution in [3.8, 4) is 0 Å². The lowest BCUT2D eigenvalue weighted by molar-refractivity contribution is 0.589. The summed E-state index contributed by atoms with van der Waals surface area (Å²) >= 11 is 0. The molecule has 0 spiro atoms. The van der Waals surface area contributed by atoms with Crippen molar-refractivity contribution in [1.82, 2.24) is 14.6 Å². The molecule has 1 aliphatic heterocycles. The van der Waals surface area contributed by atoms with E-state index in [1.54, 1.807) is 10.8 Å². The summed E-state index contributed by atoms with van der Waals surface area (Å²) < 4.78 is 24.8. The molecule has 0 bridgehead atoms. The van der Waals surface area contributed by atoms with Crippen molar-refractivity contribution in [2.75, 3.05) is 5.75 Å². The summed E-state index contributed by atoms with van der Waals surface area (Å²) in [7, 11) is -2.97. The van der Waals surface area contributed by atoms with Crippen molar-refractivity contribution in [1.29, 1.82) is 0 Å². The first-order chi connectivity index (χ1) is 8.09. The van der Waals surface area contributed by atoms with Crippen LogP contribution < -0.4 is 5.73 Å². The molecule has 0 amide bonds. The molecule has 1 aliphatic rings. The third-order valence-corrected chi connectivity index (χ3v) is 4.57. The van der Waals surface area contributed by atoms with Crippen LogP contribution in [0.25, 0.3) is 5.52 Å². The Kier molecular flexibility index (Phi) is 2.20. The number of sulfone groups is 1. The van der Waals surface area contributed by atoms with E-state index in [4.69, 9.17) is 5.73 Å². The SMILES string of the molecule is NCc1ncn2nc3c(cc12)CS(=O)(=O)CC3. The van der Waals surface area contributed by atoms with Crippen LogP contribution in [0.5, 0.6) is 0 Å². The maximum Gasteiger partial charge on any atom is 0.154 e. The third kappa shape index (κ3) is 1.71. The average molecular weight is 252 g/mol. The highest BCUT2D eigenvalue weighted by molar-refractivity contribution is 7.90. The molecule has 0 radical (unpaired) electrons. The van der Waals surface area contributed by atoms with Crippen molar-refractivity contribution in [2.24, 2.45) is 5.73 Å². The number of fused-ring (bicyclic) bond motifs is 2. The Bertz CT molecular complexity index is 690. The summed E-state index contributed by atoms with van der Waals surface area (Å²) in [6.07, 6.45) is 2.09. The quantitative estimate of drug-likeness (QED) is 0.749. The molecule has 2 aromatic heterocycles. The van der Waals surface area contributed by atoms with Crippen LogP contribution in [0.1, 0.15) is 17.0 Å². The van der Waals surface area contributed by atoms with Gasteiger partial charge in [-0.1, -0.05) is 0 Å². The molecule has 0 aromatic carbocycles. The lowest BCUT2D eigenvalue weighted by Crippen LogP contribution is -2.21. The Balaban J connectivity index is 2.23. The van der Waals surface area contributed by atoms with Gasteiger partial charge in [0, 0.05) is 13.0 Å². The fourth-order valence-electron chi connectivity index (χ4n) is 2.11. The number of hydrogen-bond acceptors (Lipinski definition) is 5. The first-order valence-electron chi connectivity index (χ1n) is 5.34. The number of aryl methyl sites for hydroxylation is 1. The van der Waals surface area contributed by atoms with Gasteiger partial charge in [0.1, 0.15) is 6.33 Å². The maximum absolute atomic E-state index is 11.6. The second-order valence-corrected chi connectivity index (χ2v) is 6.37. The number of hydrogen-bond donors (Lipinski definition) is 1. The van der Waals surface area contributed by atoms with Crippen LogP contribution in [0.3, 0.4) is 0 Å². The molecular formula is C10H12N4O2S. The molecule has 0 saturated heterocycles. The van der Waals surface area contributed by atoms with Crippen LogP contribution >= 0.6 is 0 Å². The Morgan fingerprint density at radius 3 is 3.06 bits per heavy atom. The van der Waals surface area contributed by atoms with E-state index in [0.717, 1.165) is 22.5 Å². The van der Waals surface area contributed by atoms with Gasteiger partial charge in [0.05, 0.1) is 28.4 Å². The van der Waals surface area contributed by atoms with E-state index in [1.165, 1.54) is 0 Å². The molecule has 0 unspecified atom stereocenters. The summed E-state index contributed by atoms with van der Waals surface area (Å²) in [4.78, 5) is 4.15. The third-order valence-electron chi connectivity index (χ3n) is 2.99. The fraction of sp³-hybridized carbons (Fsp3) is 0.400. The smallest absolute Gasteiger partial charge is 0.154 e. The monoisotopic (exact) mass is 252 g/mol. The Morgan fingerprint density at radius 1 is 1.47 bits per heavy atom. The molecule has 0 fully saturated rings. The predicted octanol–water partition coefficient (Wildman–Crippen LogP) is -0.341. The van der Waals surface area contributed by atoms with Crippen molar-refractivity contribution >= 4 is 15.4 Å². The van der Waals surface area contributed by atoms with Crippen LogP contribution in [0.15, 0.2) is 12.4 Å². The molecule has 7 heteroatoms. The molecule has 3 rings (SSSR count). The minimum atomic E-state index is -2.97. The normalized spacial score (nSPS) is 18.2. The maximum atomic E-state index is 11.6. The predicted molar refractivity (Wildman–Crippen MR) is 62.1 cm³/mol. The zero-order chi connectivity index (χ0) is 12.0. The lowest BCUT2D eigenvalue weighted by atomic mass is 10.1. The summed E-state index contributed by atoms with van der Waals surface area (Å²) in [6.45, 7) is 0.323. The van der Waals surface area contributed by atoms with E-state index >= 15 is 0 Å². The standard InChI is InChI=1S/C10H12N4O2S/c11-4-9-10-3-7-5-17(15,16)2-1-8(7)13-14(10)6-12-9/h3,6H,1-2,4-5,11H2. The van der Waals surface area contributed by atoms with Gasteiger partial charge in [-0.25, -0.2) is 17.9 Å². The summed E-state index contributed by atoms with van der Waals surface area (Å²) in [5, 5.41) is 4.38. The van der Waals surface area contributed by atoms with Gasteiger partial charge in [-0.2, -0.15) is 5.10 Å². The second-order valence-electron chi connectivity index (χ2n) is 4.18. The molecule has 2 aromatic rings. The molecule has 6 nitrogen and oxygen atoms in total. The average Bonchev–Trinajstić information content (AvgIpc) is 2.67. The van der Waals surface area contributed by atoms with Crippen molar-refractivity contribution in [3.63, 3.8) is 0 Å². The van der Waals surface area contributed by atoms with E-state index < -0.39 is 9.84 Å². The van der Waals surface area contributed by atoms with Gasteiger partial charge in [0.2, 0.25) is 0 Å². The number of nitrogens with two attached hydrogens (primary N) is 1. The van der Waals surface area contributed by atoms with Gasteiger partial charge >= 0.3 is 0 Å². The number of aromatic nitrogens is 3. The van der Waals surface area contributed by atoms with Gasteiger partial charge in [-0.05, 0) is 11.6 Å². The van der Waals surface area contributed by atoms with Gasteiger partial charge in [0.25, 0.3) is 0 Å². The molecule has 0 aliphatic carbocycles. The highest BCUT2D eigenvalue weighted by Crippen LogP contribution is 2.21. The summed E-state index contributed by atoms with van der Waals surface area (Å²) in [6, 6.07) is 1.84. The Labute approximate surface area is 98.4 Å². The molecule has 0 atom stereocenters. The molecule has 2 N–H and O–H groups in total. The lowest BCUT2D eigenvalue weighted by Gasteiger charge is -2.15. The summed E-state index contributed by atoms with van der Waals surface area (Å²) in [5.74, 6) is 0.248. The molecule has 17 heavy (non-hydrogen) atoms. The van der Waals surface area contributed by atoms with Crippen LogP contribution in [-0.2, 0) is 28.6 Å². The van der Waals surface area contributed by atoms with E-state index in [2.05, 4.69) is 10.1 Å². The highest BCUT2D eigenvalue weighted by Gasteiger charge is 2.23. The second kappa shape index (κ2) is 3.51. The number of nitrogens with zero attached hydrogens (tertiary/aromatic N) is 3. The van der Waals surface area contributed by atoms with Crippen LogP contribution in [0, 0.1) is 0 Å². The van der Waals surface area contributed by atoms with Gasteiger partial charge in [0.15, 0.2) is 9.84 Å². The first kappa shape index (κ1) is 10.7. The summed E-state index contributed by atoms with van der Waals surface area (Å²) in [5.41, 5.74) is 8.72. The topological polar surface area (TPSA) is 90.3 Å². The van der Waals surface area contributed by atoms with E-state index in [1.807, 2.05) is 6.07 Å². The highest BCUT2D eigenvalue weighted by atomic mass is 32.2. The van der Waals surface area contributed by atoms with Crippen LogP contribution in [0.4, 0.5) is 0 Å². The van der Waals surface area contributed by atoms with Crippen molar-refractivity contribution < 1.29 is 8.42 Å². The molecule has 0 saturated carbocycles. The Hall–Kier alpha value is -1.47. The number of rotatable bonds is 1. The zero-order valence-corrected chi connectivity index (χ0v) is 9.94. The van der Waals surface area contributed by atoms with Gasteiger partial charge in [-0.3, -0.25) is 0 Å². The molecule has 90 valence electrons. The van der Waals surface area contributed by atoms with Crippen LogP contribution in [0.2, 0.25) is 0 Å². The van der Waals surface area contributed by atoms with E-state index in [9.17, 15) is 8.42 Å². The molecule has 3 heterocycles. The zero-order valence-electron chi connectivity index (χ0n) is 9.13. The van der Waals surface area contributed by atoms with Gasteiger partial charge in [-0.15, -0.1) is 0 Å². The Morgan fingerprint density at radius 2 is 2.29 bits per heavy atom. The minimum absolute atomic E-state index is 0.0705. The van der Waals surface area contributed by atoms with E-state index in [-0.39, 0.29) is 11.5 Å². The fourth-order valence-corrected chi connectivity index (χ4v) is 3.48. The largest absolute Gasteiger partial charge is 0.325 e. The van der Waals surface area contributed by atoms with Crippen molar-refractivity contribution in [2.45, 2.75) is 18.7 Å². The van der Waals surface area contributed by atoms with Gasteiger partial charge < -0.3 is 5.73 Å². The minimum Gasteiger partial charge on any atom is -0.325 e. The first-order valence-corrected chi connectivity index (χ1v) is 7.17. The molecular weight excluding hydrogens is 240 g/mol. The van der Waals surface area contributed by atoms with Crippen molar-refractivity contribution in [3.05, 3.63) is 29.3 Å². The van der Waals surface area contributed by atoms with Crippen LogP contribution in [-0.4, -0.2) is 28.8 Å².